The van der Waals surface area contributed by atoms with Gasteiger partial charge in [-0.25, -0.2) is 0 Å². The molecule has 1 aliphatic carbocycles. The Hall–Kier alpha value is -0.570. The molecule has 1 aliphatic heterocycles. The lowest BCUT2D eigenvalue weighted by Gasteiger charge is -2.33. The highest BCUT2D eigenvalue weighted by Crippen LogP contribution is 2.34. The zero-order chi connectivity index (χ0) is 15.3. The molecular weight excluding hydrogens is 260 g/mol. The van der Waals surface area contributed by atoms with E-state index >= 15 is 0 Å². The number of piperidine rings is 1. The van der Waals surface area contributed by atoms with E-state index in [1.165, 1.54) is 44.9 Å². The minimum absolute atomic E-state index is 0.258. The first kappa shape index (κ1) is 16.8. The molecule has 3 heteroatoms. The van der Waals surface area contributed by atoms with E-state index in [0.717, 1.165) is 18.9 Å². The molecule has 3 nitrogen and oxygen atoms in total. The van der Waals surface area contributed by atoms with Crippen molar-refractivity contribution in [3.8, 4) is 0 Å². The lowest BCUT2D eigenvalue weighted by molar-refractivity contribution is -0.122. The minimum Gasteiger partial charge on any atom is -0.353 e. The lowest BCUT2D eigenvalue weighted by atomic mass is 9.76. The molecule has 2 aliphatic rings. The van der Waals surface area contributed by atoms with Crippen molar-refractivity contribution in [1.82, 2.24) is 10.6 Å². The average Bonchev–Trinajstić information content (AvgIpc) is 2.40. The van der Waals surface area contributed by atoms with Crippen molar-refractivity contribution < 1.29 is 4.79 Å². The molecule has 0 aromatic heterocycles. The highest BCUT2D eigenvalue weighted by molar-refractivity contribution is 5.76. The summed E-state index contributed by atoms with van der Waals surface area (Å²) in [7, 11) is 0. The van der Waals surface area contributed by atoms with Gasteiger partial charge in [-0.1, -0.05) is 27.2 Å². The summed E-state index contributed by atoms with van der Waals surface area (Å²) in [6.07, 6.45) is 10.6. The van der Waals surface area contributed by atoms with E-state index in [0.29, 0.717) is 23.9 Å². The maximum Gasteiger partial charge on any atom is 0.221 e. The van der Waals surface area contributed by atoms with Gasteiger partial charge in [0, 0.05) is 18.5 Å². The van der Waals surface area contributed by atoms with Crippen molar-refractivity contribution in [2.24, 2.45) is 11.3 Å². The highest BCUT2D eigenvalue weighted by Gasteiger charge is 2.26. The standard InChI is InChI=1S/C18H34N2O/c1-18(2,3)13-14-7-9-15(10-8-14)20-17(21)12-16-6-4-5-11-19-16/h14-16,19H,4-13H2,1-3H3,(H,20,21). The topological polar surface area (TPSA) is 41.1 Å². The number of hydrogen-bond donors (Lipinski definition) is 2. The molecule has 0 bridgehead atoms. The monoisotopic (exact) mass is 294 g/mol. The van der Waals surface area contributed by atoms with Gasteiger partial charge < -0.3 is 10.6 Å². The van der Waals surface area contributed by atoms with Crippen molar-refractivity contribution in [3.63, 3.8) is 0 Å². The van der Waals surface area contributed by atoms with E-state index in [2.05, 4.69) is 31.4 Å². The average molecular weight is 294 g/mol. The molecule has 1 saturated carbocycles. The number of rotatable bonds is 4. The van der Waals surface area contributed by atoms with Gasteiger partial charge in [-0.2, -0.15) is 0 Å². The SMILES string of the molecule is CC(C)(C)CC1CCC(NC(=O)CC2CCCCN2)CC1. The summed E-state index contributed by atoms with van der Waals surface area (Å²) in [4.78, 5) is 12.1. The second kappa shape index (κ2) is 7.62. The summed E-state index contributed by atoms with van der Waals surface area (Å²) in [5.74, 6) is 1.12. The molecule has 1 heterocycles. The number of nitrogens with one attached hydrogen (secondary N) is 2. The van der Waals surface area contributed by atoms with Gasteiger partial charge in [0.05, 0.1) is 0 Å². The zero-order valence-corrected chi connectivity index (χ0v) is 14.2. The second-order valence-corrected chi connectivity index (χ2v) is 8.40. The number of amides is 1. The number of carbonyl (C=O) groups excluding carboxylic acids is 1. The van der Waals surface area contributed by atoms with Crippen LogP contribution in [0.2, 0.25) is 0 Å². The predicted molar refractivity (Wildman–Crippen MR) is 88.2 cm³/mol. The fourth-order valence-electron chi connectivity index (χ4n) is 3.99. The predicted octanol–water partition coefficient (Wildman–Crippen LogP) is 3.63. The fourth-order valence-corrected chi connectivity index (χ4v) is 3.99. The molecule has 2 rings (SSSR count). The molecule has 122 valence electrons. The molecule has 2 N–H and O–H groups in total. The van der Waals surface area contributed by atoms with Gasteiger partial charge in [0.1, 0.15) is 0 Å². The summed E-state index contributed by atoms with van der Waals surface area (Å²) in [5.41, 5.74) is 0.438. The van der Waals surface area contributed by atoms with Crippen LogP contribution in [0.5, 0.6) is 0 Å². The number of carbonyl (C=O) groups is 1. The van der Waals surface area contributed by atoms with Gasteiger partial charge in [-0.05, 0) is 62.8 Å². The Labute approximate surface area is 130 Å². The van der Waals surface area contributed by atoms with Crippen molar-refractivity contribution >= 4 is 5.91 Å². The number of hydrogen-bond acceptors (Lipinski definition) is 2. The molecule has 0 spiro atoms. The molecule has 1 unspecified atom stereocenters. The van der Waals surface area contributed by atoms with E-state index in [1.54, 1.807) is 0 Å². The molecule has 0 aromatic carbocycles. The smallest absolute Gasteiger partial charge is 0.221 e. The van der Waals surface area contributed by atoms with Gasteiger partial charge in [-0.15, -0.1) is 0 Å². The third-order valence-corrected chi connectivity index (χ3v) is 4.96. The minimum atomic E-state index is 0.258. The van der Waals surface area contributed by atoms with Crippen LogP contribution in [0.3, 0.4) is 0 Å². The van der Waals surface area contributed by atoms with Crippen LogP contribution in [-0.4, -0.2) is 24.5 Å². The first-order chi connectivity index (χ1) is 9.92. The Balaban J connectivity index is 1.64. The van der Waals surface area contributed by atoms with Crippen LogP contribution >= 0.6 is 0 Å². The first-order valence-electron chi connectivity index (χ1n) is 8.95. The van der Waals surface area contributed by atoms with Crippen LogP contribution < -0.4 is 10.6 Å². The molecule has 0 aromatic rings. The highest BCUT2D eigenvalue weighted by atomic mass is 16.1. The van der Waals surface area contributed by atoms with Crippen molar-refractivity contribution in [2.45, 2.75) is 90.6 Å². The van der Waals surface area contributed by atoms with Gasteiger partial charge in [-0.3, -0.25) is 4.79 Å². The normalized spacial score (nSPS) is 30.9. The Morgan fingerprint density at radius 1 is 1.10 bits per heavy atom. The third-order valence-electron chi connectivity index (χ3n) is 4.96. The van der Waals surface area contributed by atoms with Crippen LogP contribution in [-0.2, 0) is 4.79 Å². The summed E-state index contributed by atoms with van der Waals surface area (Å²) in [6, 6.07) is 0.841. The van der Waals surface area contributed by atoms with Gasteiger partial charge in [0.15, 0.2) is 0 Å². The molecule has 1 saturated heterocycles. The summed E-state index contributed by atoms with van der Waals surface area (Å²) < 4.78 is 0. The molecule has 0 radical (unpaired) electrons. The third kappa shape index (κ3) is 6.37. The lowest BCUT2D eigenvalue weighted by Crippen LogP contribution is -2.43. The Kier molecular flexibility index (Phi) is 6.09. The van der Waals surface area contributed by atoms with E-state index in [9.17, 15) is 4.79 Å². The van der Waals surface area contributed by atoms with E-state index in [4.69, 9.17) is 0 Å². The van der Waals surface area contributed by atoms with Crippen LogP contribution in [0, 0.1) is 11.3 Å². The van der Waals surface area contributed by atoms with Gasteiger partial charge in [0.25, 0.3) is 0 Å². The van der Waals surface area contributed by atoms with Crippen LogP contribution in [0.4, 0.5) is 0 Å². The van der Waals surface area contributed by atoms with Crippen LogP contribution in [0.25, 0.3) is 0 Å². The summed E-state index contributed by atoms with van der Waals surface area (Å²) >= 11 is 0. The van der Waals surface area contributed by atoms with Crippen molar-refractivity contribution in [3.05, 3.63) is 0 Å². The van der Waals surface area contributed by atoms with E-state index in [-0.39, 0.29) is 5.91 Å². The Morgan fingerprint density at radius 3 is 2.38 bits per heavy atom. The Morgan fingerprint density at radius 2 is 1.81 bits per heavy atom. The summed E-state index contributed by atoms with van der Waals surface area (Å²) in [6.45, 7) is 8.07. The van der Waals surface area contributed by atoms with Crippen LogP contribution in [0.15, 0.2) is 0 Å². The second-order valence-electron chi connectivity index (χ2n) is 8.40. The quantitative estimate of drug-likeness (QED) is 0.831. The maximum atomic E-state index is 12.1. The van der Waals surface area contributed by atoms with Gasteiger partial charge in [0.2, 0.25) is 5.91 Å². The first-order valence-corrected chi connectivity index (χ1v) is 8.95. The van der Waals surface area contributed by atoms with E-state index in [1.807, 2.05) is 0 Å². The van der Waals surface area contributed by atoms with E-state index < -0.39 is 0 Å². The molecule has 1 amide bonds. The molecule has 2 fully saturated rings. The van der Waals surface area contributed by atoms with Gasteiger partial charge >= 0.3 is 0 Å². The van der Waals surface area contributed by atoms with Crippen molar-refractivity contribution in [1.29, 1.82) is 0 Å². The largest absolute Gasteiger partial charge is 0.353 e. The summed E-state index contributed by atoms with van der Waals surface area (Å²) in [5, 5.41) is 6.73. The molecule has 1 atom stereocenters. The molecule has 21 heavy (non-hydrogen) atoms. The maximum absolute atomic E-state index is 12.1. The van der Waals surface area contributed by atoms with Crippen molar-refractivity contribution in [2.75, 3.05) is 6.54 Å². The Bertz CT molecular complexity index is 321. The van der Waals surface area contributed by atoms with Crippen LogP contribution in [0.1, 0.15) is 78.6 Å². The molecular formula is C18H34N2O. The zero-order valence-electron chi connectivity index (χ0n) is 14.2. The fraction of sp³-hybridized carbons (Fsp3) is 0.944.